The molecule has 0 bridgehead atoms. The number of fused-ring (bicyclic) bond motifs is 1. The maximum atomic E-state index is 11.8. The Morgan fingerprint density at radius 2 is 2.30 bits per heavy atom. The average Bonchev–Trinajstić information content (AvgIpc) is 3.03. The first kappa shape index (κ1) is 15.4. The summed E-state index contributed by atoms with van der Waals surface area (Å²) >= 11 is 0. The first-order valence-corrected chi connectivity index (χ1v) is 6.74. The number of ether oxygens (including phenoxy) is 1. The van der Waals surface area contributed by atoms with Gasteiger partial charge in [-0.25, -0.2) is 4.98 Å². The summed E-state index contributed by atoms with van der Waals surface area (Å²) in [5.74, 6) is 5.00. The van der Waals surface area contributed by atoms with Crippen molar-refractivity contribution in [1.82, 2.24) is 19.5 Å². The Balaban J connectivity index is 2.12. The molecule has 10 heteroatoms. The predicted molar refractivity (Wildman–Crippen MR) is 78.0 cm³/mol. The standard InChI is InChI=1S/C13H15N5O5/c1-2-3-13(4-19)8(21)7(20)11(23-13)18-5-15-6-9(18)16-12(14)17-10(6)22/h5,7-8,11,19-21H,4H2,1H3,(H3,14,16,17,22)/t7-,8+,11-,13-/m1/s1. The Bertz CT molecular complexity index is 865. The van der Waals surface area contributed by atoms with E-state index in [4.69, 9.17) is 10.5 Å². The second-order valence-electron chi connectivity index (χ2n) is 5.14. The first-order chi connectivity index (χ1) is 10.9. The van der Waals surface area contributed by atoms with Gasteiger partial charge in [-0.1, -0.05) is 5.92 Å². The molecule has 0 spiro atoms. The van der Waals surface area contributed by atoms with Crippen LogP contribution in [0.2, 0.25) is 0 Å². The van der Waals surface area contributed by atoms with Crippen molar-refractivity contribution in [2.24, 2.45) is 0 Å². The number of aliphatic hydroxyl groups is 3. The molecule has 4 atom stereocenters. The van der Waals surface area contributed by atoms with Crippen molar-refractivity contribution in [3.8, 4) is 11.8 Å². The third kappa shape index (κ3) is 2.18. The molecule has 0 radical (unpaired) electrons. The number of nitrogens with zero attached hydrogens (tertiary/aromatic N) is 3. The molecule has 0 unspecified atom stereocenters. The molecule has 6 N–H and O–H groups in total. The van der Waals surface area contributed by atoms with Crippen molar-refractivity contribution in [1.29, 1.82) is 0 Å². The van der Waals surface area contributed by atoms with E-state index >= 15 is 0 Å². The summed E-state index contributed by atoms with van der Waals surface area (Å²) in [6.07, 6.45) is -2.78. The van der Waals surface area contributed by atoms with Gasteiger partial charge in [0.25, 0.3) is 5.56 Å². The van der Waals surface area contributed by atoms with Crippen LogP contribution in [0.3, 0.4) is 0 Å². The minimum atomic E-state index is -1.64. The van der Waals surface area contributed by atoms with E-state index in [2.05, 4.69) is 26.8 Å². The number of aromatic nitrogens is 4. The smallest absolute Gasteiger partial charge is 0.280 e. The number of nitrogen functional groups attached to an aromatic ring is 1. The van der Waals surface area contributed by atoms with Crippen LogP contribution in [0.25, 0.3) is 11.2 Å². The molecular weight excluding hydrogens is 306 g/mol. The number of imidazole rings is 1. The number of H-pyrrole nitrogens is 1. The SMILES string of the molecule is CC#C[C@]1(CO)O[C@@H](n2cnc3c(=O)[nH]c(N)nc32)[C@H](O)[C@@H]1O. The summed E-state index contributed by atoms with van der Waals surface area (Å²) in [6, 6.07) is 0. The number of nitrogens with one attached hydrogen (secondary N) is 1. The predicted octanol–water partition coefficient (Wildman–Crippen LogP) is -2.29. The lowest BCUT2D eigenvalue weighted by molar-refractivity contribution is -0.0912. The number of aliphatic hydroxyl groups excluding tert-OH is 3. The molecule has 3 heterocycles. The Kier molecular flexibility index (Phi) is 3.57. The van der Waals surface area contributed by atoms with E-state index < -0.39 is 36.2 Å². The van der Waals surface area contributed by atoms with Gasteiger partial charge in [-0.2, -0.15) is 4.98 Å². The molecule has 0 saturated carbocycles. The minimum Gasteiger partial charge on any atom is -0.392 e. The highest BCUT2D eigenvalue weighted by atomic mass is 16.6. The van der Waals surface area contributed by atoms with Crippen molar-refractivity contribution >= 4 is 17.1 Å². The number of hydrogen-bond acceptors (Lipinski definition) is 8. The molecule has 2 aromatic heterocycles. The van der Waals surface area contributed by atoms with Crippen molar-refractivity contribution in [2.75, 3.05) is 12.3 Å². The number of rotatable bonds is 2. The third-order valence-corrected chi connectivity index (χ3v) is 3.72. The topological polar surface area (TPSA) is 160 Å². The van der Waals surface area contributed by atoms with Crippen molar-refractivity contribution in [3.05, 3.63) is 16.7 Å². The van der Waals surface area contributed by atoms with Gasteiger partial charge in [0.1, 0.15) is 12.2 Å². The summed E-state index contributed by atoms with van der Waals surface area (Å²) in [5, 5.41) is 30.0. The van der Waals surface area contributed by atoms with Gasteiger partial charge in [0.2, 0.25) is 5.95 Å². The van der Waals surface area contributed by atoms with Crippen LogP contribution >= 0.6 is 0 Å². The van der Waals surface area contributed by atoms with Gasteiger partial charge in [-0.05, 0) is 6.92 Å². The quantitative estimate of drug-likeness (QED) is 0.386. The largest absolute Gasteiger partial charge is 0.392 e. The molecular formula is C13H15N5O5. The number of nitrogens with two attached hydrogens (primary N) is 1. The summed E-state index contributed by atoms with van der Waals surface area (Å²) in [4.78, 5) is 22.0. The molecule has 1 aliphatic heterocycles. The second-order valence-corrected chi connectivity index (χ2v) is 5.14. The van der Waals surface area contributed by atoms with Crippen LogP contribution < -0.4 is 11.3 Å². The average molecular weight is 321 g/mol. The van der Waals surface area contributed by atoms with E-state index in [0.717, 1.165) is 0 Å². The number of hydrogen-bond donors (Lipinski definition) is 5. The molecule has 2 aromatic rings. The minimum absolute atomic E-state index is 0.00700. The summed E-state index contributed by atoms with van der Waals surface area (Å²) in [5.41, 5.74) is 3.43. The highest BCUT2D eigenvalue weighted by molar-refractivity contribution is 5.70. The van der Waals surface area contributed by atoms with Gasteiger partial charge in [0.15, 0.2) is 23.0 Å². The van der Waals surface area contributed by atoms with Crippen molar-refractivity contribution in [2.45, 2.75) is 31.0 Å². The van der Waals surface area contributed by atoms with E-state index in [1.165, 1.54) is 17.8 Å². The molecule has 0 aromatic carbocycles. The third-order valence-electron chi connectivity index (χ3n) is 3.72. The fraction of sp³-hybridized carbons (Fsp3) is 0.462. The van der Waals surface area contributed by atoms with Gasteiger partial charge < -0.3 is 25.8 Å². The van der Waals surface area contributed by atoms with Crippen LogP contribution in [-0.4, -0.2) is 59.3 Å². The van der Waals surface area contributed by atoms with Gasteiger partial charge in [0, 0.05) is 0 Å². The fourth-order valence-electron chi connectivity index (χ4n) is 2.62. The molecule has 23 heavy (non-hydrogen) atoms. The van der Waals surface area contributed by atoms with Crippen LogP contribution in [0.1, 0.15) is 13.2 Å². The normalized spacial score (nSPS) is 30.3. The molecule has 1 saturated heterocycles. The van der Waals surface area contributed by atoms with Gasteiger partial charge in [-0.15, -0.1) is 5.92 Å². The highest BCUT2D eigenvalue weighted by Gasteiger charge is 2.54. The molecule has 10 nitrogen and oxygen atoms in total. The lowest BCUT2D eigenvalue weighted by Crippen LogP contribution is -2.45. The van der Waals surface area contributed by atoms with Gasteiger partial charge in [-0.3, -0.25) is 14.3 Å². The van der Waals surface area contributed by atoms with E-state index in [-0.39, 0.29) is 17.1 Å². The zero-order valence-corrected chi connectivity index (χ0v) is 12.1. The fourth-order valence-corrected chi connectivity index (χ4v) is 2.62. The van der Waals surface area contributed by atoms with E-state index in [0.29, 0.717) is 0 Å². The molecule has 0 aliphatic carbocycles. The molecule has 122 valence electrons. The Labute approximate surface area is 129 Å². The molecule has 3 rings (SSSR count). The molecule has 1 fully saturated rings. The van der Waals surface area contributed by atoms with Crippen molar-refractivity contribution < 1.29 is 20.1 Å². The Morgan fingerprint density at radius 3 is 2.96 bits per heavy atom. The van der Waals surface area contributed by atoms with E-state index in [1.54, 1.807) is 0 Å². The first-order valence-electron chi connectivity index (χ1n) is 6.74. The van der Waals surface area contributed by atoms with E-state index in [1.807, 2.05) is 0 Å². The van der Waals surface area contributed by atoms with Gasteiger partial charge >= 0.3 is 0 Å². The van der Waals surface area contributed by atoms with Crippen LogP contribution in [0.5, 0.6) is 0 Å². The molecule has 0 amide bonds. The lowest BCUT2D eigenvalue weighted by Gasteiger charge is -2.23. The summed E-state index contributed by atoms with van der Waals surface area (Å²) in [6.45, 7) is 0.896. The summed E-state index contributed by atoms with van der Waals surface area (Å²) in [7, 11) is 0. The van der Waals surface area contributed by atoms with E-state index in [9.17, 15) is 20.1 Å². The second kappa shape index (κ2) is 5.32. The van der Waals surface area contributed by atoms with Gasteiger partial charge in [0.05, 0.1) is 12.9 Å². The van der Waals surface area contributed by atoms with Crippen LogP contribution in [-0.2, 0) is 4.74 Å². The maximum Gasteiger partial charge on any atom is 0.280 e. The summed E-state index contributed by atoms with van der Waals surface area (Å²) < 4.78 is 6.87. The zero-order chi connectivity index (χ0) is 16.8. The van der Waals surface area contributed by atoms with Crippen molar-refractivity contribution in [3.63, 3.8) is 0 Å². The maximum absolute atomic E-state index is 11.8. The monoisotopic (exact) mass is 321 g/mol. The molecule has 1 aliphatic rings. The van der Waals surface area contributed by atoms with Crippen LogP contribution in [0, 0.1) is 11.8 Å². The number of aromatic amines is 1. The zero-order valence-electron chi connectivity index (χ0n) is 12.1. The number of anilines is 1. The van der Waals surface area contributed by atoms with Crippen LogP contribution in [0.4, 0.5) is 5.95 Å². The lowest BCUT2D eigenvalue weighted by atomic mass is 9.97. The highest BCUT2D eigenvalue weighted by Crippen LogP contribution is 2.37. The Morgan fingerprint density at radius 1 is 1.57 bits per heavy atom. The van der Waals surface area contributed by atoms with Crippen LogP contribution in [0.15, 0.2) is 11.1 Å². The Hall–Kier alpha value is -2.45.